The van der Waals surface area contributed by atoms with E-state index in [1.165, 1.54) is 6.07 Å². The van der Waals surface area contributed by atoms with Gasteiger partial charge in [0.2, 0.25) is 0 Å². The number of carboxylic acids is 1. The molecule has 0 aliphatic heterocycles. The Morgan fingerprint density at radius 1 is 0.938 bits per heavy atom. The van der Waals surface area contributed by atoms with E-state index in [1.54, 1.807) is 48.5 Å². The fraction of sp³-hybridized carbons (Fsp3) is 0.278. The molecule has 2 N–H and O–H groups in total. The largest absolute Gasteiger partial charge is 0.481 e. The number of carboxylic acid groups (broad SMARTS) is 1. The topological polar surface area (TPSA) is 132 Å². The molecule has 3 aliphatic rings. The van der Waals surface area contributed by atoms with Crippen LogP contribution in [0.3, 0.4) is 0 Å². The molecule has 2 unspecified atom stereocenters. The van der Waals surface area contributed by atoms with Crippen molar-refractivity contribution in [3.05, 3.63) is 90.5 Å². The Morgan fingerprint density at radius 3 is 2.35 bits per heavy atom. The van der Waals surface area contributed by atoms with Crippen molar-refractivity contribution in [1.82, 2.24) is 23.5 Å². The zero-order chi connectivity index (χ0) is 33.3. The van der Waals surface area contributed by atoms with E-state index in [4.69, 9.17) is 9.97 Å². The van der Waals surface area contributed by atoms with Gasteiger partial charge in [-0.15, -0.1) is 0 Å². The van der Waals surface area contributed by atoms with E-state index in [0.29, 0.717) is 28.0 Å². The normalized spacial score (nSPS) is 20.8. The molecule has 0 spiro atoms. The number of aliphatic carboxylic acids is 1. The Morgan fingerprint density at radius 2 is 1.65 bits per heavy atom. The van der Waals surface area contributed by atoms with Gasteiger partial charge in [-0.3, -0.25) is 4.79 Å². The highest BCUT2D eigenvalue weighted by molar-refractivity contribution is 7.90. The molecule has 4 heterocycles. The number of hydrogen-bond acceptors (Lipinski definition) is 7. The van der Waals surface area contributed by atoms with Crippen molar-refractivity contribution in [3.63, 3.8) is 0 Å². The third-order valence-corrected chi connectivity index (χ3v) is 11.8. The van der Waals surface area contributed by atoms with Gasteiger partial charge >= 0.3 is 5.97 Å². The molecular weight excluding hydrogens is 631 g/mol. The van der Waals surface area contributed by atoms with Crippen molar-refractivity contribution in [2.24, 2.45) is 24.8 Å². The van der Waals surface area contributed by atoms with Gasteiger partial charge in [0.25, 0.3) is 10.0 Å². The minimum atomic E-state index is -4.27. The number of halogens is 1. The van der Waals surface area contributed by atoms with Gasteiger partial charge in [0.15, 0.2) is 11.5 Å². The lowest BCUT2D eigenvalue weighted by molar-refractivity contribution is -0.148. The summed E-state index contributed by atoms with van der Waals surface area (Å²) in [6, 6.07) is 18.3. The highest BCUT2D eigenvalue weighted by atomic mass is 32.2. The summed E-state index contributed by atoms with van der Waals surface area (Å²) >= 11 is 0. The number of nitrogens with one attached hydrogen (secondary N) is 1. The number of hydrogen-bond donors (Lipinski definition) is 2. The maximum absolute atomic E-state index is 15.1. The summed E-state index contributed by atoms with van der Waals surface area (Å²) in [5.74, 6) is -1.16. The van der Waals surface area contributed by atoms with Crippen LogP contribution in [0.4, 0.5) is 10.2 Å². The predicted molar refractivity (Wildman–Crippen MR) is 180 cm³/mol. The monoisotopic (exact) mass is 664 g/mol. The molecule has 9 rings (SSSR count). The highest BCUT2D eigenvalue weighted by Gasteiger charge is 2.47. The summed E-state index contributed by atoms with van der Waals surface area (Å²) in [4.78, 5) is 26.9. The summed E-state index contributed by atoms with van der Waals surface area (Å²) in [5.41, 5.74) is 2.57. The molecule has 244 valence electrons. The first-order valence-electron chi connectivity index (χ1n) is 16.0. The van der Waals surface area contributed by atoms with Crippen LogP contribution in [0.2, 0.25) is 0 Å². The van der Waals surface area contributed by atoms with Crippen LogP contribution in [0, 0.1) is 30.5 Å². The van der Waals surface area contributed by atoms with Gasteiger partial charge in [0, 0.05) is 30.2 Å². The van der Waals surface area contributed by atoms with Gasteiger partial charge in [-0.1, -0.05) is 48.0 Å². The van der Waals surface area contributed by atoms with Crippen molar-refractivity contribution >= 4 is 43.9 Å². The van der Waals surface area contributed by atoms with Gasteiger partial charge in [-0.05, 0) is 68.7 Å². The van der Waals surface area contributed by atoms with Crippen LogP contribution in [0.15, 0.2) is 84.0 Å². The van der Waals surface area contributed by atoms with Gasteiger partial charge in [0.05, 0.1) is 33.7 Å². The number of nitrogens with zero attached hydrogens (tertiary/aromatic N) is 5. The van der Waals surface area contributed by atoms with E-state index in [1.807, 2.05) is 36.9 Å². The molecule has 3 aliphatic carbocycles. The maximum Gasteiger partial charge on any atom is 0.308 e. The first-order chi connectivity index (χ1) is 23.1. The highest BCUT2D eigenvalue weighted by Crippen LogP contribution is 2.47. The standard InChI is InChI=1S/C36H33FN6O4S/c1-20-8-14-25(15-9-20)48(46,47)43-31(23-6-4-3-5-7-23)29(27-18-24(37)19-38-34(27)43)33-40-32(26-16-17-42(2)35(26)41-33)39-30-22-12-10-21(11-13-22)28(30)36(44)45/h3-9,14-19,21-22,28,30H,10-13H2,1-2H3,(H,44,45)(H,39,40,41). The number of anilines is 1. The second kappa shape index (κ2) is 11.3. The summed E-state index contributed by atoms with van der Waals surface area (Å²) < 4.78 is 47.1. The van der Waals surface area contributed by atoms with Gasteiger partial charge < -0.3 is 15.0 Å². The summed E-state index contributed by atoms with van der Waals surface area (Å²) in [6.45, 7) is 1.87. The predicted octanol–water partition coefficient (Wildman–Crippen LogP) is 6.64. The molecule has 3 saturated carbocycles. The average Bonchev–Trinajstić information content (AvgIpc) is 3.63. The smallest absolute Gasteiger partial charge is 0.308 e. The van der Waals surface area contributed by atoms with E-state index >= 15 is 4.39 Å². The van der Waals surface area contributed by atoms with Crippen LogP contribution in [0.25, 0.3) is 44.7 Å². The molecule has 2 atom stereocenters. The average molecular weight is 665 g/mol. The van der Waals surface area contributed by atoms with Crippen molar-refractivity contribution in [2.75, 3.05) is 5.32 Å². The van der Waals surface area contributed by atoms with Crippen LogP contribution in [0.5, 0.6) is 0 Å². The van der Waals surface area contributed by atoms with Crippen LogP contribution in [-0.4, -0.2) is 49.0 Å². The van der Waals surface area contributed by atoms with Crippen LogP contribution in [0.1, 0.15) is 31.2 Å². The molecule has 48 heavy (non-hydrogen) atoms. The number of pyridine rings is 1. The Hall–Kier alpha value is -5.10. The molecule has 0 amide bonds. The van der Waals surface area contributed by atoms with E-state index in [-0.39, 0.29) is 45.3 Å². The molecule has 6 aromatic rings. The van der Waals surface area contributed by atoms with Crippen molar-refractivity contribution < 1.29 is 22.7 Å². The van der Waals surface area contributed by atoms with Crippen molar-refractivity contribution in [1.29, 1.82) is 0 Å². The molecule has 3 fully saturated rings. The van der Waals surface area contributed by atoms with E-state index < -0.39 is 27.7 Å². The fourth-order valence-electron chi connectivity index (χ4n) is 7.78. The lowest BCUT2D eigenvalue weighted by Gasteiger charge is -2.47. The zero-order valence-corrected chi connectivity index (χ0v) is 27.2. The zero-order valence-electron chi connectivity index (χ0n) is 26.3. The third kappa shape index (κ3) is 4.76. The van der Waals surface area contributed by atoms with Crippen LogP contribution >= 0.6 is 0 Å². The van der Waals surface area contributed by atoms with Crippen molar-refractivity contribution in [2.45, 2.75) is 43.5 Å². The minimum absolute atomic E-state index is 0.0337. The minimum Gasteiger partial charge on any atom is -0.481 e. The number of aryl methyl sites for hydroxylation is 2. The van der Waals surface area contributed by atoms with E-state index in [0.717, 1.165) is 41.4 Å². The summed E-state index contributed by atoms with van der Waals surface area (Å²) in [6.07, 6.45) is 6.51. The second-order valence-electron chi connectivity index (χ2n) is 13.0. The fourth-order valence-corrected chi connectivity index (χ4v) is 9.28. The number of rotatable bonds is 7. The lowest BCUT2D eigenvalue weighted by Crippen LogP contribution is -2.51. The Labute approximate surface area is 276 Å². The molecule has 10 nitrogen and oxygen atoms in total. The quantitative estimate of drug-likeness (QED) is 0.194. The lowest BCUT2D eigenvalue weighted by atomic mass is 9.61. The molecular formula is C36H33FN6O4S. The van der Waals surface area contributed by atoms with E-state index in [9.17, 15) is 18.3 Å². The Kier molecular flexibility index (Phi) is 7.09. The Balaban J connectivity index is 1.41. The maximum atomic E-state index is 15.1. The number of aromatic nitrogens is 5. The molecule has 4 aromatic heterocycles. The van der Waals surface area contributed by atoms with Crippen molar-refractivity contribution in [3.8, 4) is 22.6 Å². The number of benzene rings is 2. The first kappa shape index (κ1) is 30.2. The van der Waals surface area contributed by atoms with Crippen LogP contribution < -0.4 is 5.32 Å². The molecule has 2 aromatic carbocycles. The third-order valence-electron chi connectivity index (χ3n) is 10.1. The van der Waals surface area contributed by atoms with Gasteiger partial charge in [-0.25, -0.2) is 31.7 Å². The molecule has 0 saturated heterocycles. The Bertz CT molecular complexity index is 2330. The van der Waals surface area contributed by atoms with Gasteiger partial charge in [-0.2, -0.15) is 0 Å². The van der Waals surface area contributed by atoms with Gasteiger partial charge in [0.1, 0.15) is 17.3 Å². The van der Waals surface area contributed by atoms with Crippen LogP contribution in [-0.2, 0) is 21.9 Å². The summed E-state index contributed by atoms with van der Waals surface area (Å²) in [5, 5.41) is 14.7. The first-order valence-corrected chi connectivity index (χ1v) is 17.5. The summed E-state index contributed by atoms with van der Waals surface area (Å²) in [7, 11) is -2.42. The molecule has 12 heteroatoms. The molecule has 2 bridgehead atoms. The number of fused-ring (bicyclic) bond motifs is 5. The SMILES string of the molecule is Cc1ccc(S(=O)(=O)n2c(-c3ccccc3)c(-c3nc(NC4C5CCC(CC5)C4C(=O)O)c4ccn(C)c4n3)c3cc(F)cnc32)cc1. The second-order valence-corrected chi connectivity index (χ2v) is 14.8. The van der Waals surface area contributed by atoms with E-state index in [2.05, 4.69) is 10.3 Å². The number of carbonyl (C=O) groups is 1. The molecule has 0 radical (unpaired) electrons.